The first-order valence-corrected chi connectivity index (χ1v) is 14.8. The van der Waals surface area contributed by atoms with Gasteiger partial charge in [-0.2, -0.15) is 6.08 Å². The van der Waals surface area contributed by atoms with E-state index >= 15 is 0 Å². The van der Waals surface area contributed by atoms with Gasteiger partial charge in [-0.05, 0) is 31.2 Å². The summed E-state index contributed by atoms with van der Waals surface area (Å²) in [5, 5.41) is 2.62. The predicted molar refractivity (Wildman–Crippen MR) is 111 cm³/mol. The zero-order valence-electron chi connectivity index (χ0n) is 15.6. The number of allylic oxidation sites excluding steroid dienone is 4. The van der Waals surface area contributed by atoms with Gasteiger partial charge < -0.3 is 4.57 Å². The third kappa shape index (κ3) is 6.05. The van der Waals surface area contributed by atoms with E-state index in [4.69, 9.17) is 17.0 Å². The van der Waals surface area contributed by atoms with Crippen molar-refractivity contribution in [1.29, 1.82) is 0 Å². The number of nitrogens with zero attached hydrogens (tertiary/aromatic N) is 1. The Balaban J connectivity index is 0.000000203. The predicted octanol–water partition coefficient (Wildman–Crippen LogP) is 7.28. The van der Waals surface area contributed by atoms with Crippen LogP contribution in [0.25, 0.3) is 16.5 Å². The van der Waals surface area contributed by atoms with Crippen LogP contribution in [-0.4, -0.2) is 4.57 Å². The Morgan fingerprint density at radius 2 is 1.81 bits per heavy atom. The fourth-order valence-electron chi connectivity index (χ4n) is 2.89. The molecule has 26 heavy (non-hydrogen) atoms. The zero-order valence-corrected chi connectivity index (χ0v) is 19.5. The second-order valence-electron chi connectivity index (χ2n) is 6.83. The second-order valence-corrected chi connectivity index (χ2v) is 10.6. The molecular formula is C22H23Cl2NZr. The van der Waals surface area contributed by atoms with Crippen LogP contribution < -0.4 is 0 Å². The van der Waals surface area contributed by atoms with Crippen molar-refractivity contribution < 1.29 is 20.8 Å². The number of hydrogen-bond acceptors (Lipinski definition) is 0. The van der Waals surface area contributed by atoms with E-state index in [0.29, 0.717) is 0 Å². The Kier molecular flexibility index (Phi) is 8.08. The molecule has 1 heterocycles. The van der Waals surface area contributed by atoms with Gasteiger partial charge >= 0.3 is 37.9 Å². The Hall–Kier alpha value is -0.947. The van der Waals surface area contributed by atoms with Gasteiger partial charge in [-0.1, -0.05) is 25.3 Å². The molecule has 2 aromatic carbocycles. The van der Waals surface area contributed by atoms with Crippen LogP contribution in [0, 0.1) is 25.3 Å². The van der Waals surface area contributed by atoms with Crippen molar-refractivity contribution in [3.63, 3.8) is 0 Å². The molecule has 0 fully saturated rings. The summed E-state index contributed by atoms with van der Waals surface area (Å²) < 4.78 is 2.25. The van der Waals surface area contributed by atoms with E-state index in [1.807, 2.05) is 12.2 Å². The van der Waals surface area contributed by atoms with Crippen molar-refractivity contribution in [3.8, 4) is 5.69 Å². The van der Waals surface area contributed by atoms with Gasteiger partial charge in [0.25, 0.3) is 0 Å². The molecule has 0 spiro atoms. The minimum absolute atomic E-state index is 0.208. The van der Waals surface area contributed by atoms with Gasteiger partial charge in [0.2, 0.25) is 0 Å². The van der Waals surface area contributed by atoms with Crippen LogP contribution >= 0.6 is 17.0 Å². The van der Waals surface area contributed by atoms with E-state index in [0.717, 1.165) is 0 Å². The Labute approximate surface area is 175 Å². The Morgan fingerprint density at radius 1 is 1.12 bits per heavy atom. The summed E-state index contributed by atoms with van der Waals surface area (Å²) in [5.74, 6) is 0. The van der Waals surface area contributed by atoms with Crippen LogP contribution in [-0.2, 0) is 20.8 Å². The van der Waals surface area contributed by atoms with Crippen LogP contribution in [0.4, 0.5) is 0 Å². The van der Waals surface area contributed by atoms with E-state index in [2.05, 4.69) is 93.1 Å². The molecule has 0 N–H and O–H groups in total. The summed E-state index contributed by atoms with van der Waals surface area (Å²) >= 11 is -0.826. The van der Waals surface area contributed by atoms with Crippen molar-refractivity contribution in [1.82, 2.24) is 4.57 Å². The van der Waals surface area contributed by atoms with Crippen LogP contribution in [0.1, 0.15) is 25.1 Å². The number of benzene rings is 1. The maximum atomic E-state index is 4.93. The van der Waals surface area contributed by atoms with Gasteiger partial charge in [0.15, 0.2) is 0 Å². The normalized spacial score (nSPS) is 13.6. The Bertz CT molecular complexity index is 853. The molecule has 4 heteroatoms. The molecule has 3 aromatic rings. The van der Waals surface area contributed by atoms with Gasteiger partial charge in [-0.3, -0.25) is 6.08 Å². The van der Waals surface area contributed by atoms with Gasteiger partial charge in [0.05, 0.1) is 0 Å². The number of rotatable bonds is 1. The third-order valence-electron chi connectivity index (χ3n) is 4.09. The SMILES string of the molecule is CC1(C)[C-]=CC=C1.Cc1cc(C)n(-c2cc3ccccc3[cH-]2)c1.[Cl][Zr+2][Cl]. The van der Waals surface area contributed by atoms with Crippen LogP contribution in [0.2, 0.25) is 0 Å². The van der Waals surface area contributed by atoms with E-state index in [9.17, 15) is 0 Å². The summed E-state index contributed by atoms with van der Waals surface area (Å²) in [6.45, 7) is 8.54. The molecule has 134 valence electrons. The summed E-state index contributed by atoms with van der Waals surface area (Å²) in [5.41, 5.74) is 4.06. The molecule has 0 bridgehead atoms. The molecule has 0 atom stereocenters. The molecule has 0 radical (unpaired) electrons. The molecule has 0 aliphatic heterocycles. The van der Waals surface area contributed by atoms with E-state index in [-0.39, 0.29) is 5.41 Å². The average molecular weight is 464 g/mol. The number of aromatic nitrogens is 1. The van der Waals surface area contributed by atoms with Crippen LogP contribution in [0.3, 0.4) is 0 Å². The summed E-state index contributed by atoms with van der Waals surface area (Å²) in [4.78, 5) is 0. The zero-order chi connectivity index (χ0) is 19.2. The molecule has 1 nitrogen and oxygen atoms in total. The van der Waals surface area contributed by atoms with Gasteiger partial charge in [0.1, 0.15) is 0 Å². The van der Waals surface area contributed by atoms with Gasteiger partial charge in [0, 0.05) is 11.9 Å². The Morgan fingerprint density at radius 3 is 2.27 bits per heavy atom. The minimum atomic E-state index is -0.826. The van der Waals surface area contributed by atoms with Crippen molar-refractivity contribution in [2.24, 2.45) is 5.41 Å². The molecule has 0 saturated heterocycles. The van der Waals surface area contributed by atoms with Crippen molar-refractivity contribution in [3.05, 3.63) is 84.2 Å². The molecule has 1 aliphatic rings. The molecule has 0 unspecified atom stereocenters. The fourth-order valence-corrected chi connectivity index (χ4v) is 2.89. The summed E-state index contributed by atoms with van der Waals surface area (Å²) in [7, 11) is 9.87. The second kappa shape index (κ2) is 9.83. The first kappa shape index (κ1) is 21.4. The van der Waals surface area contributed by atoms with Crippen LogP contribution in [0.15, 0.2) is 66.9 Å². The molecular weight excluding hydrogens is 440 g/mol. The van der Waals surface area contributed by atoms with Crippen molar-refractivity contribution in [2.45, 2.75) is 27.7 Å². The molecule has 4 rings (SSSR count). The summed E-state index contributed by atoms with van der Waals surface area (Å²) in [6.07, 6.45) is 11.5. The first-order valence-electron chi connectivity index (χ1n) is 8.43. The number of halogens is 2. The van der Waals surface area contributed by atoms with E-state index in [1.54, 1.807) is 0 Å². The molecule has 0 amide bonds. The number of fused-ring (bicyclic) bond motifs is 1. The van der Waals surface area contributed by atoms with E-state index in [1.165, 1.54) is 27.7 Å². The standard InChI is InChI=1S/C15H14N.C7H9.2ClH.Zr/c1-11-7-12(2)16(10-11)15-8-13-5-3-4-6-14(13)9-15;1-7(2)5-3-4-6-7;;;/h3-10H,1-2H3;3-5H,1-2H3;2*1H;/q2*-1;;;+4/p-2. The molecule has 1 aliphatic carbocycles. The first-order chi connectivity index (χ1) is 12.4. The van der Waals surface area contributed by atoms with Crippen LogP contribution in [0.5, 0.6) is 0 Å². The fraction of sp³-hybridized carbons (Fsp3) is 0.227. The summed E-state index contributed by atoms with van der Waals surface area (Å²) in [6, 6.07) is 15.2. The maximum absolute atomic E-state index is 4.93. The molecule has 1 aromatic heterocycles. The number of hydrogen-bond donors (Lipinski definition) is 0. The third-order valence-corrected chi connectivity index (χ3v) is 4.09. The monoisotopic (exact) mass is 461 g/mol. The molecule has 0 saturated carbocycles. The van der Waals surface area contributed by atoms with E-state index < -0.39 is 20.8 Å². The van der Waals surface area contributed by atoms with Crippen molar-refractivity contribution in [2.75, 3.05) is 0 Å². The quantitative estimate of drug-likeness (QED) is 0.334. The van der Waals surface area contributed by atoms with Gasteiger partial charge in [-0.25, -0.2) is 12.2 Å². The number of aryl methyl sites for hydroxylation is 2. The average Bonchev–Trinajstić information content (AvgIpc) is 3.26. The van der Waals surface area contributed by atoms with Crippen molar-refractivity contribution >= 4 is 27.8 Å². The van der Waals surface area contributed by atoms with Gasteiger partial charge in [-0.15, -0.1) is 41.1 Å². The topological polar surface area (TPSA) is 4.93 Å².